The first-order valence-electron chi connectivity index (χ1n) is 6.30. The van der Waals surface area contributed by atoms with Crippen LogP contribution in [0, 0.1) is 0 Å². The largest absolute Gasteiger partial charge is 0.351 e. The molecule has 0 spiro atoms. The third-order valence-corrected chi connectivity index (χ3v) is 3.35. The first kappa shape index (κ1) is 15.0. The average molecular weight is 269 g/mol. The number of benzene rings is 1. The number of carbonyl (C=O) groups is 1. The monoisotopic (exact) mass is 268 g/mol. The lowest BCUT2D eigenvalue weighted by molar-refractivity contribution is -0.126. The van der Waals surface area contributed by atoms with Crippen molar-refractivity contribution in [3.8, 4) is 0 Å². The summed E-state index contributed by atoms with van der Waals surface area (Å²) in [5.41, 5.74) is 1.06. The molecule has 18 heavy (non-hydrogen) atoms. The molecule has 4 heteroatoms. The molecule has 0 saturated heterocycles. The highest BCUT2D eigenvalue weighted by Crippen LogP contribution is 2.09. The van der Waals surface area contributed by atoms with Gasteiger partial charge in [-0.05, 0) is 37.7 Å². The topological polar surface area (TPSA) is 32.3 Å². The summed E-state index contributed by atoms with van der Waals surface area (Å²) in [6.45, 7) is 5.49. The van der Waals surface area contributed by atoms with E-state index in [4.69, 9.17) is 11.6 Å². The zero-order chi connectivity index (χ0) is 13.5. The maximum absolute atomic E-state index is 12.0. The SMILES string of the molecule is CCC(C(=O)NCc1ccc(Cl)cc1)N(C)CC. The number of amides is 1. The van der Waals surface area contributed by atoms with E-state index in [-0.39, 0.29) is 11.9 Å². The predicted molar refractivity (Wildman–Crippen MR) is 75.7 cm³/mol. The molecule has 0 aliphatic heterocycles. The van der Waals surface area contributed by atoms with Crippen LogP contribution in [0.2, 0.25) is 5.02 Å². The molecule has 0 bridgehead atoms. The third kappa shape index (κ3) is 4.31. The van der Waals surface area contributed by atoms with Gasteiger partial charge in [0, 0.05) is 11.6 Å². The normalized spacial score (nSPS) is 12.5. The lowest BCUT2D eigenvalue weighted by atomic mass is 10.1. The van der Waals surface area contributed by atoms with Crippen molar-refractivity contribution in [2.75, 3.05) is 13.6 Å². The number of carbonyl (C=O) groups excluding carboxylic acids is 1. The first-order chi connectivity index (χ1) is 8.58. The quantitative estimate of drug-likeness (QED) is 0.860. The van der Waals surface area contributed by atoms with Gasteiger partial charge in [0.05, 0.1) is 6.04 Å². The van der Waals surface area contributed by atoms with E-state index >= 15 is 0 Å². The zero-order valence-corrected chi connectivity index (χ0v) is 12.0. The van der Waals surface area contributed by atoms with Crippen molar-refractivity contribution in [2.45, 2.75) is 32.9 Å². The Morgan fingerprint density at radius 1 is 1.33 bits per heavy atom. The number of nitrogens with one attached hydrogen (secondary N) is 1. The lowest BCUT2D eigenvalue weighted by Crippen LogP contribution is -2.44. The van der Waals surface area contributed by atoms with Crippen molar-refractivity contribution in [2.24, 2.45) is 0 Å². The van der Waals surface area contributed by atoms with Gasteiger partial charge in [-0.15, -0.1) is 0 Å². The van der Waals surface area contributed by atoms with Crippen LogP contribution in [-0.4, -0.2) is 30.4 Å². The fourth-order valence-corrected chi connectivity index (χ4v) is 1.95. The highest BCUT2D eigenvalue weighted by molar-refractivity contribution is 6.30. The molecule has 0 saturated carbocycles. The molecule has 3 nitrogen and oxygen atoms in total. The minimum absolute atomic E-state index is 0.0534. The van der Waals surface area contributed by atoms with Crippen molar-refractivity contribution < 1.29 is 4.79 Å². The van der Waals surface area contributed by atoms with Crippen LogP contribution in [-0.2, 0) is 11.3 Å². The number of halogens is 1. The lowest BCUT2D eigenvalue weighted by Gasteiger charge is -2.24. The van der Waals surface area contributed by atoms with Crippen LogP contribution in [0.15, 0.2) is 24.3 Å². The Morgan fingerprint density at radius 3 is 2.44 bits per heavy atom. The fraction of sp³-hybridized carbons (Fsp3) is 0.500. The molecule has 0 aromatic heterocycles. The molecule has 1 aromatic rings. The Labute approximate surface area is 114 Å². The Kier molecular flexibility index (Phi) is 6.16. The smallest absolute Gasteiger partial charge is 0.237 e. The average Bonchev–Trinajstić information content (AvgIpc) is 2.38. The summed E-state index contributed by atoms with van der Waals surface area (Å²) < 4.78 is 0. The summed E-state index contributed by atoms with van der Waals surface area (Å²) >= 11 is 5.81. The van der Waals surface area contributed by atoms with Gasteiger partial charge in [0.15, 0.2) is 0 Å². The first-order valence-corrected chi connectivity index (χ1v) is 6.68. The summed E-state index contributed by atoms with van der Waals surface area (Å²) in [5, 5.41) is 3.67. The van der Waals surface area contributed by atoms with Gasteiger partial charge in [-0.2, -0.15) is 0 Å². The molecule has 0 aliphatic rings. The Bertz CT molecular complexity index is 378. The second kappa shape index (κ2) is 7.39. The van der Waals surface area contributed by atoms with E-state index in [0.29, 0.717) is 11.6 Å². The maximum Gasteiger partial charge on any atom is 0.237 e. The second-order valence-electron chi connectivity index (χ2n) is 4.34. The van der Waals surface area contributed by atoms with Gasteiger partial charge in [-0.3, -0.25) is 9.69 Å². The van der Waals surface area contributed by atoms with Crippen LogP contribution in [0.1, 0.15) is 25.8 Å². The molecule has 100 valence electrons. The van der Waals surface area contributed by atoms with Crippen molar-refractivity contribution in [1.29, 1.82) is 0 Å². The second-order valence-corrected chi connectivity index (χ2v) is 4.78. The summed E-state index contributed by atoms with van der Waals surface area (Å²) in [6.07, 6.45) is 0.816. The van der Waals surface area contributed by atoms with Gasteiger partial charge >= 0.3 is 0 Å². The van der Waals surface area contributed by atoms with E-state index in [2.05, 4.69) is 17.1 Å². The molecule has 1 amide bonds. The Hall–Kier alpha value is -1.06. The molecule has 1 unspecified atom stereocenters. The summed E-state index contributed by atoms with van der Waals surface area (Å²) in [4.78, 5) is 14.1. The number of rotatable bonds is 6. The Morgan fingerprint density at radius 2 is 1.94 bits per heavy atom. The van der Waals surface area contributed by atoms with Crippen LogP contribution in [0.3, 0.4) is 0 Å². The van der Waals surface area contributed by atoms with Crippen molar-refractivity contribution in [3.63, 3.8) is 0 Å². The van der Waals surface area contributed by atoms with Crippen LogP contribution in [0.25, 0.3) is 0 Å². The van der Waals surface area contributed by atoms with Crippen LogP contribution in [0.5, 0.6) is 0 Å². The summed E-state index contributed by atoms with van der Waals surface area (Å²) in [6, 6.07) is 7.46. The van der Waals surface area contributed by atoms with E-state index < -0.39 is 0 Å². The fourth-order valence-electron chi connectivity index (χ4n) is 1.83. The van der Waals surface area contributed by atoms with Crippen molar-refractivity contribution in [3.05, 3.63) is 34.9 Å². The molecule has 0 fully saturated rings. The molecule has 0 heterocycles. The van der Waals surface area contributed by atoms with E-state index in [9.17, 15) is 4.79 Å². The van der Waals surface area contributed by atoms with Crippen LogP contribution in [0.4, 0.5) is 0 Å². The highest BCUT2D eigenvalue weighted by Gasteiger charge is 2.19. The zero-order valence-electron chi connectivity index (χ0n) is 11.2. The van der Waals surface area contributed by atoms with Gasteiger partial charge in [0.25, 0.3) is 0 Å². The van der Waals surface area contributed by atoms with Gasteiger partial charge in [0.2, 0.25) is 5.91 Å². The van der Waals surface area contributed by atoms with Crippen LogP contribution >= 0.6 is 11.6 Å². The van der Waals surface area contributed by atoms with Gasteiger partial charge in [-0.25, -0.2) is 0 Å². The third-order valence-electron chi connectivity index (χ3n) is 3.10. The predicted octanol–water partition coefficient (Wildman–Crippen LogP) is 2.69. The van der Waals surface area contributed by atoms with E-state index in [0.717, 1.165) is 18.5 Å². The molecule has 1 atom stereocenters. The van der Waals surface area contributed by atoms with Crippen LogP contribution < -0.4 is 5.32 Å². The number of likely N-dealkylation sites (N-methyl/N-ethyl adjacent to an activating group) is 1. The van der Waals surface area contributed by atoms with Gasteiger partial charge in [0.1, 0.15) is 0 Å². The molecule has 1 N–H and O–H groups in total. The molecular formula is C14H21ClN2O. The van der Waals surface area contributed by atoms with Gasteiger partial charge in [-0.1, -0.05) is 37.6 Å². The molecular weight excluding hydrogens is 248 g/mol. The summed E-state index contributed by atoms with van der Waals surface area (Å²) in [5.74, 6) is 0.0804. The number of hydrogen-bond donors (Lipinski definition) is 1. The van der Waals surface area contributed by atoms with E-state index in [1.54, 1.807) is 0 Å². The Balaban J connectivity index is 2.51. The number of hydrogen-bond acceptors (Lipinski definition) is 2. The minimum Gasteiger partial charge on any atom is -0.351 e. The van der Waals surface area contributed by atoms with E-state index in [1.165, 1.54) is 0 Å². The standard InChI is InChI=1S/C14H21ClN2O/c1-4-13(17(3)5-2)14(18)16-10-11-6-8-12(15)9-7-11/h6-9,13H,4-5,10H2,1-3H3,(H,16,18). The number of nitrogens with zero attached hydrogens (tertiary/aromatic N) is 1. The molecule has 1 rings (SSSR count). The van der Waals surface area contributed by atoms with E-state index in [1.807, 2.05) is 38.2 Å². The van der Waals surface area contributed by atoms with Crippen molar-refractivity contribution >= 4 is 17.5 Å². The molecule has 1 aromatic carbocycles. The van der Waals surface area contributed by atoms with Crippen molar-refractivity contribution in [1.82, 2.24) is 10.2 Å². The minimum atomic E-state index is -0.0534. The maximum atomic E-state index is 12.0. The molecule has 0 radical (unpaired) electrons. The molecule has 0 aliphatic carbocycles. The highest BCUT2D eigenvalue weighted by atomic mass is 35.5. The summed E-state index contributed by atoms with van der Waals surface area (Å²) in [7, 11) is 1.97. The van der Waals surface area contributed by atoms with Gasteiger partial charge < -0.3 is 5.32 Å².